The summed E-state index contributed by atoms with van der Waals surface area (Å²) in [6, 6.07) is 6.85. The van der Waals surface area contributed by atoms with E-state index in [0.717, 1.165) is 30.5 Å². The zero-order chi connectivity index (χ0) is 22.1. The summed E-state index contributed by atoms with van der Waals surface area (Å²) < 4.78 is 2.30. The summed E-state index contributed by atoms with van der Waals surface area (Å²) in [5.74, 6) is 0.247. The molecule has 10 nitrogen and oxygen atoms in total. The van der Waals surface area contributed by atoms with Gasteiger partial charge < -0.3 is 15.2 Å². The number of hydrogen-bond donors (Lipinski definition) is 2. The van der Waals surface area contributed by atoms with Crippen molar-refractivity contribution < 1.29 is 9.59 Å². The van der Waals surface area contributed by atoms with Gasteiger partial charge in [0.25, 0.3) is 11.5 Å². The minimum Gasteiger partial charge on any atom is -0.339 e. The third-order valence-electron chi connectivity index (χ3n) is 5.54. The molecule has 3 heterocycles. The zero-order valence-electron chi connectivity index (χ0n) is 17.5. The number of fused-ring (bicyclic) bond motifs is 1. The van der Waals surface area contributed by atoms with E-state index in [1.54, 1.807) is 31.3 Å². The number of aryl methyl sites for hydroxylation is 2. The summed E-state index contributed by atoms with van der Waals surface area (Å²) >= 11 is 0. The topological polar surface area (TPSA) is 122 Å². The van der Waals surface area contributed by atoms with Gasteiger partial charge in [-0.3, -0.25) is 23.5 Å². The number of amides is 2. The second-order valence-corrected chi connectivity index (χ2v) is 7.71. The van der Waals surface area contributed by atoms with Gasteiger partial charge in [-0.2, -0.15) is 0 Å². The number of imidazole rings is 1. The Kier molecular flexibility index (Phi) is 5.45. The average Bonchev–Trinajstić information content (AvgIpc) is 3.45. The highest BCUT2D eigenvalue weighted by Crippen LogP contribution is 2.16. The van der Waals surface area contributed by atoms with Crippen LogP contribution in [-0.4, -0.2) is 48.9 Å². The van der Waals surface area contributed by atoms with Crippen molar-refractivity contribution in [3.8, 4) is 0 Å². The lowest BCUT2D eigenvalue weighted by Gasteiger charge is -2.15. The van der Waals surface area contributed by atoms with Crippen molar-refractivity contribution in [3.63, 3.8) is 0 Å². The number of H-pyrrole nitrogens is 1. The lowest BCUT2D eigenvalue weighted by Crippen LogP contribution is -2.36. The fourth-order valence-electron chi connectivity index (χ4n) is 3.75. The molecule has 2 amide bonds. The molecule has 0 spiro atoms. The van der Waals surface area contributed by atoms with E-state index in [-0.39, 0.29) is 35.8 Å². The molecule has 2 aromatic heterocycles. The molecule has 0 aliphatic carbocycles. The largest absolute Gasteiger partial charge is 0.339 e. The lowest BCUT2D eigenvalue weighted by molar-refractivity contribution is -0.116. The van der Waals surface area contributed by atoms with E-state index in [9.17, 15) is 19.2 Å². The highest BCUT2D eigenvalue weighted by atomic mass is 16.2. The van der Waals surface area contributed by atoms with Gasteiger partial charge in [0.1, 0.15) is 11.3 Å². The van der Waals surface area contributed by atoms with Gasteiger partial charge in [-0.15, -0.1) is 0 Å². The van der Waals surface area contributed by atoms with Crippen molar-refractivity contribution in [2.45, 2.75) is 25.7 Å². The molecule has 1 fully saturated rings. The highest BCUT2D eigenvalue weighted by Gasteiger charge is 2.19. The number of anilines is 1. The molecule has 0 saturated carbocycles. The zero-order valence-corrected chi connectivity index (χ0v) is 17.5. The Balaban J connectivity index is 1.39. The number of aromatic nitrogens is 4. The van der Waals surface area contributed by atoms with Crippen LogP contribution in [0, 0.1) is 0 Å². The van der Waals surface area contributed by atoms with E-state index < -0.39 is 11.2 Å². The van der Waals surface area contributed by atoms with Crippen LogP contribution in [0.2, 0.25) is 0 Å². The van der Waals surface area contributed by atoms with E-state index in [1.807, 2.05) is 4.90 Å². The Hall–Kier alpha value is -3.69. The molecule has 0 atom stereocenters. The fraction of sp³-hybridized carbons (Fsp3) is 0.381. The number of hydrogen-bond acceptors (Lipinski definition) is 5. The molecule has 1 aliphatic heterocycles. The van der Waals surface area contributed by atoms with E-state index >= 15 is 0 Å². The molecule has 162 valence electrons. The van der Waals surface area contributed by atoms with E-state index in [4.69, 9.17) is 0 Å². The molecule has 3 aromatic rings. The van der Waals surface area contributed by atoms with Crippen molar-refractivity contribution in [3.05, 3.63) is 56.5 Å². The monoisotopic (exact) mass is 424 g/mol. The normalized spacial score (nSPS) is 13.7. The molecule has 10 heteroatoms. The van der Waals surface area contributed by atoms with Crippen molar-refractivity contribution >= 4 is 28.7 Å². The number of benzene rings is 1. The van der Waals surface area contributed by atoms with Crippen molar-refractivity contribution in [1.82, 2.24) is 24.0 Å². The maximum Gasteiger partial charge on any atom is 0.332 e. The number of rotatable bonds is 5. The number of nitrogens with zero attached hydrogens (tertiary/aromatic N) is 4. The third-order valence-corrected chi connectivity index (χ3v) is 5.54. The summed E-state index contributed by atoms with van der Waals surface area (Å²) in [5.41, 5.74) is 0.795. The Morgan fingerprint density at radius 3 is 2.42 bits per heavy atom. The molecule has 1 aliphatic rings. The molecule has 0 unspecified atom stereocenters. The first kappa shape index (κ1) is 20.6. The minimum absolute atomic E-state index is 0.0146. The van der Waals surface area contributed by atoms with E-state index in [0.29, 0.717) is 17.1 Å². The molecular formula is C21H24N6O4. The third kappa shape index (κ3) is 4.00. The van der Waals surface area contributed by atoms with Gasteiger partial charge in [-0.1, -0.05) is 0 Å². The summed E-state index contributed by atoms with van der Waals surface area (Å²) in [6.45, 7) is 1.58. The van der Waals surface area contributed by atoms with Gasteiger partial charge >= 0.3 is 5.69 Å². The quantitative estimate of drug-likeness (QED) is 0.626. The van der Waals surface area contributed by atoms with Crippen LogP contribution in [0.25, 0.3) is 11.2 Å². The van der Waals surface area contributed by atoms with Gasteiger partial charge in [-0.05, 0) is 37.1 Å². The molecule has 4 rings (SSSR count). The molecule has 0 bridgehead atoms. The summed E-state index contributed by atoms with van der Waals surface area (Å²) in [7, 11) is 2.95. The predicted octanol–water partition coefficient (Wildman–Crippen LogP) is 0.768. The molecular weight excluding hydrogens is 400 g/mol. The molecule has 1 aromatic carbocycles. The molecule has 1 saturated heterocycles. The Morgan fingerprint density at radius 1 is 1.06 bits per heavy atom. The first-order valence-corrected chi connectivity index (χ1v) is 10.2. The van der Waals surface area contributed by atoms with Crippen molar-refractivity contribution in [2.75, 3.05) is 18.4 Å². The SMILES string of the molecule is Cn1c(=O)c2[nH]c(CCC(=O)Nc3ccc(C(=O)N4CCCC4)cc3)nc2n(C)c1=O. The standard InChI is InChI=1S/C21H24N6O4/c1-25-18-17(20(30)26(2)21(25)31)23-15(24-18)9-10-16(28)22-14-7-5-13(6-8-14)19(29)27-11-3-4-12-27/h5-8H,3-4,9-12H2,1-2H3,(H,22,28)(H,23,24). The molecule has 2 N–H and O–H groups in total. The van der Waals surface area contributed by atoms with Gasteiger partial charge in [0.2, 0.25) is 5.91 Å². The van der Waals surface area contributed by atoms with Crippen LogP contribution in [0.4, 0.5) is 5.69 Å². The van der Waals surface area contributed by atoms with Crippen molar-refractivity contribution in [1.29, 1.82) is 0 Å². The van der Waals surface area contributed by atoms with Crippen LogP contribution in [0.15, 0.2) is 33.9 Å². The number of likely N-dealkylation sites (tertiary alicyclic amines) is 1. The van der Waals surface area contributed by atoms with Gasteiger partial charge in [0.05, 0.1) is 0 Å². The number of carbonyl (C=O) groups is 2. The maximum absolute atomic E-state index is 12.4. The van der Waals surface area contributed by atoms with Crippen LogP contribution < -0.4 is 16.6 Å². The van der Waals surface area contributed by atoms with Crippen LogP contribution in [-0.2, 0) is 25.3 Å². The Morgan fingerprint density at radius 2 is 1.74 bits per heavy atom. The second kappa shape index (κ2) is 8.21. The highest BCUT2D eigenvalue weighted by molar-refractivity contribution is 5.96. The number of carbonyl (C=O) groups excluding carboxylic acids is 2. The Labute approximate surface area is 177 Å². The first-order chi connectivity index (χ1) is 14.8. The van der Waals surface area contributed by atoms with Crippen LogP contribution >= 0.6 is 0 Å². The van der Waals surface area contributed by atoms with Gasteiger partial charge in [0.15, 0.2) is 5.65 Å². The summed E-state index contributed by atoms with van der Waals surface area (Å²) in [6.07, 6.45) is 2.50. The summed E-state index contributed by atoms with van der Waals surface area (Å²) in [5, 5.41) is 2.80. The van der Waals surface area contributed by atoms with E-state index in [1.165, 1.54) is 11.6 Å². The maximum atomic E-state index is 12.4. The van der Waals surface area contributed by atoms with Crippen LogP contribution in [0.3, 0.4) is 0 Å². The minimum atomic E-state index is -0.458. The smallest absolute Gasteiger partial charge is 0.332 e. The van der Waals surface area contributed by atoms with E-state index in [2.05, 4.69) is 15.3 Å². The first-order valence-electron chi connectivity index (χ1n) is 10.2. The van der Waals surface area contributed by atoms with Crippen LogP contribution in [0.1, 0.15) is 35.4 Å². The van der Waals surface area contributed by atoms with Crippen LogP contribution in [0.5, 0.6) is 0 Å². The van der Waals surface area contributed by atoms with Gasteiger partial charge in [-0.25, -0.2) is 9.78 Å². The Bertz CT molecular complexity index is 1260. The molecule has 31 heavy (non-hydrogen) atoms. The summed E-state index contributed by atoms with van der Waals surface area (Å²) in [4.78, 5) is 58.0. The fourth-order valence-corrected chi connectivity index (χ4v) is 3.75. The number of aromatic amines is 1. The van der Waals surface area contributed by atoms with Crippen molar-refractivity contribution in [2.24, 2.45) is 14.1 Å². The second-order valence-electron chi connectivity index (χ2n) is 7.71. The average molecular weight is 424 g/mol. The molecule has 0 radical (unpaired) electrons. The number of nitrogens with one attached hydrogen (secondary N) is 2. The lowest BCUT2D eigenvalue weighted by atomic mass is 10.1. The predicted molar refractivity (Wildman–Crippen MR) is 115 cm³/mol. The van der Waals surface area contributed by atoms with Gasteiger partial charge in [0, 0.05) is 51.3 Å².